The molecule has 0 radical (unpaired) electrons. The maximum absolute atomic E-state index is 12.2. The van der Waals surface area contributed by atoms with Crippen molar-refractivity contribution in [1.29, 1.82) is 0 Å². The Kier molecular flexibility index (Phi) is 5.31. The first kappa shape index (κ1) is 15.9. The third-order valence-electron chi connectivity index (χ3n) is 3.44. The fraction of sp³-hybridized carbons (Fsp3) is 0.500. The molecular weight excluding hydrogens is 282 g/mol. The van der Waals surface area contributed by atoms with E-state index < -0.39 is 0 Å². The smallest absolute Gasteiger partial charge is 0.238 e. The molecule has 2 rings (SSSR count). The molecule has 5 heteroatoms. The van der Waals surface area contributed by atoms with Crippen LogP contribution in [0.2, 0.25) is 0 Å². The minimum Gasteiger partial charge on any atom is -0.389 e. The van der Waals surface area contributed by atoms with Gasteiger partial charge in [0.15, 0.2) is 0 Å². The first-order valence-electron chi connectivity index (χ1n) is 7.39. The fourth-order valence-corrected chi connectivity index (χ4v) is 2.51. The molecule has 1 aliphatic carbocycles. The number of benzene rings is 1. The minimum absolute atomic E-state index is 0.0163. The average molecular weight is 305 g/mol. The molecule has 0 atom stereocenters. The molecule has 0 aromatic heterocycles. The van der Waals surface area contributed by atoms with Crippen molar-refractivity contribution < 1.29 is 4.79 Å². The first-order valence-corrected chi connectivity index (χ1v) is 7.80. The van der Waals surface area contributed by atoms with Crippen molar-refractivity contribution in [2.45, 2.75) is 32.7 Å². The monoisotopic (exact) mass is 305 g/mol. The maximum Gasteiger partial charge on any atom is 0.238 e. The first-order chi connectivity index (χ1) is 9.95. The lowest BCUT2D eigenvalue weighted by atomic mass is 10.2. The Morgan fingerprint density at radius 3 is 2.76 bits per heavy atom. The second-order valence-corrected chi connectivity index (χ2v) is 6.49. The van der Waals surface area contributed by atoms with Crippen molar-refractivity contribution in [3.8, 4) is 0 Å². The van der Waals surface area contributed by atoms with E-state index in [9.17, 15) is 4.79 Å². The van der Waals surface area contributed by atoms with Gasteiger partial charge < -0.3 is 11.1 Å². The Balaban J connectivity index is 1.94. The van der Waals surface area contributed by atoms with Crippen LogP contribution in [0.1, 0.15) is 32.3 Å². The van der Waals surface area contributed by atoms with Crippen molar-refractivity contribution in [1.82, 2.24) is 4.90 Å². The van der Waals surface area contributed by atoms with Crippen molar-refractivity contribution in [2.75, 3.05) is 18.4 Å². The highest BCUT2D eigenvalue weighted by Crippen LogP contribution is 2.27. The molecule has 1 fully saturated rings. The summed E-state index contributed by atoms with van der Waals surface area (Å²) >= 11 is 4.95. The van der Waals surface area contributed by atoms with Crippen molar-refractivity contribution in [3.63, 3.8) is 0 Å². The van der Waals surface area contributed by atoms with Crippen LogP contribution in [0.5, 0.6) is 0 Å². The summed E-state index contributed by atoms with van der Waals surface area (Å²) < 4.78 is 0. The van der Waals surface area contributed by atoms with E-state index in [4.69, 9.17) is 18.0 Å². The molecule has 0 aliphatic heterocycles. The number of hydrogen-bond acceptors (Lipinski definition) is 3. The Labute approximate surface area is 131 Å². The number of thiocarbonyl (C=S) groups is 1. The largest absolute Gasteiger partial charge is 0.389 e. The molecule has 0 spiro atoms. The van der Waals surface area contributed by atoms with Gasteiger partial charge in [-0.2, -0.15) is 0 Å². The Bertz CT molecular complexity index is 526. The van der Waals surface area contributed by atoms with Gasteiger partial charge in [-0.3, -0.25) is 9.69 Å². The maximum atomic E-state index is 12.2. The predicted octanol–water partition coefficient (Wildman–Crippen LogP) is 2.38. The third kappa shape index (κ3) is 5.10. The number of nitrogens with two attached hydrogens (primary N) is 1. The lowest BCUT2D eigenvalue weighted by Crippen LogP contribution is -2.37. The molecule has 1 amide bonds. The Morgan fingerprint density at radius 2 is 2.19 bits per heavy atom. The van der Waals surface area contributed by atoms with Gasteiger partial charge in [-0.05, 0) is 30.9 Å². The summed E-state index contributed by atoms with van der Waals surface area (Å²) in [4.78, 5) is 14.8. The number of rotatable bonds is 7. The molecule has 4 nitrogen and oxygen atoms in total. The van der Waals surface area contributed by atoms with Gasteiger partial charge in [-0.15, -0.1) is 0 Å². The zero-order valence-corrected chi connectivity index (χ0v) is 13.5. The van der Waals surface area contributed by atoms with Gasteiger partial charge in [0.25, 0.3) is 0 Å². The highest BCUT2D eigenvalue weighted by atomic mass is 32.1. The van der Waals surface area contributed by atoms with E-state index in [1.165, 1.54) is 12.8 Å². The summed E-state index contributed by atoms with van der Waals surface area (Å²) in [5.41, 5.74) is 7.12. The topological polar surface area (TPSA) is 58.4 Å². The zero-order chi connectivity index (χ0) is 15.4. The molecule has 0 bridgehead atoms. The van der Waals surface area contributed by atoms with Crippen LogP contribution in [-0.2, 0) is 4.79 Å². The molecule has 21 heavy (non-hydrogen) atoms. The SMILES string of the molecule is CC(C)CN(CC(=O)Nc1cccc(C(N)=S)c1)C1CC1. The van der Waals surface area contributed by atoms with Crippen LogP contribution in [0.4, 0.5) is 5.69 Å². The molecule has 114 valence electrons. The van der Waals surface area contributed by atoms with Gasteiger partial charge in [0, 0.05) is 23.8 Å². The molecule has 0 heterocycles. The number of carbonyl (C=O) groups is 1. The number of nitrogens with zero attached hydrogens (tertiary/aromatic N) is 1. The molecule has 1 aromatic rings. The molecule has 1 saturated carbocycles. The minimum atomic E-state index is 0.0163. The molecule has 0 saturated heterocycles. The van der Waals surface area contributed by atoms with Gasteiger partial charge >= 0.3 is 0 Å². The van der Waals surface area contributed by atoms with Crippen molar-refractivity contribution in [2.24, 2.45) is 11.7 Å². The summed E-state index contributed by atoms with van der Waals surface area (Å²) in [7, 11) is 0. The lowest BCUT2D eigenvalue weighted by Gasteiger charge is -2.23. The van der Waals surface area contributed by atoms with Gasteiger partial charge in [-0.25, -0.2) is 0 Å². The van der Waals surface area contributed by atoms with E-state index in [2.05, 4.69) is 24.1 Å². The van der Waals surface area contributed by atoms with Crippen LogP contribution in [0.25, 0.3) is 0 Å². The van der Waals surface area contributed by atoms with Gasteiger partial charge in [0.05, 0.1) is 6.54 Å². The molecule has 3 N–H and O–H groups in total. The quantitative estimate of drug-likeness (QED) is 0.759. The molecule has 1 aromatic carbocycles. The van der Waals surface area contributed by atoms with Gasteiger partial charge in [0.1, 0.15) is 4.99 Å². The molecular formula is C16H23N3OS. The van der Waals surface area contributed by atoms with Crippen molar-refractivity contribution >= 4 is 28.8 Å². The van der Waals surface area contributed by atoms with E-state index in [1.807, 2.05) is 24.3 Å². The number of nitrogens with one attached hydrogen (secondary N) is 1. The summed E-state index contributed by atoms with van der Waals surface area (Å²) in [5, 5.41) is 2.93. The second-order valence-electron chi connectivity index (χ2n) is 6.05. The van der Waals surface area contributed by atoms with E-state index in [0.29, 0.717) is 23.5 Å². The second kappa shape index (κ2) is 7.00. The third-order valence-corrected chi connectivity index (χ3v) is 3.68. The normalized spacial score (nSPS) is 14.5. The molecule has 0 unspecified atom stereocenters. The summed E-state index contributed by atoms with van der Waals surface area (Å²) in [6, 6.07) is 7.93. The number of amides is 1. The molecule has 1 aliphatic rings. The van der Waals surface area contributed by atoms with Crippen LogP contribution in [0.3, 0.4) is 0 Å². The van der Waals surface area contributed by atoms with Crippen LogP contribution < -0.4 is 11.1 Å². The standard InChI is InChI=1S/C16H23N3OS/c1-11(2)9-19(14-6-7-14)10-15(20)18-13-5-3-4-12(8-13)16(17)21/h3-5,8,11,14H,6-7,9-10H2,1-2H3,(H2,17,21)(H,18,20). The Morgan fingerprint density at radius 1 is 1.48 bits per heavy atom. The number of hydrogen-bond donors (Lipinski definition) is 2. The van der Waals surface area contributed by atoms with Gasteiger partial charge in [0.2, 0.25) is 5.91 Å². The van der Waals surface area contributed by atoms with Crippen LogP contribution in [0.15, 0.2) is 24.3 Å². The van der Waals surface area contributed by atoms with E-state index in [-0.39, 0.29) is 5.91 Å². The van der Waals surface area contributed by atoms with E-state index in [0.717, 1.165) is 17.8 Å². The highest BCUT2D eigenvalue weighted by Gasteiger charge is 2.30. The predicted molar refractivity (Wildman–Crippen MR) is 90.4 cm³/mol. The zero-order valence-electron chi connectivity index (χ0n) is 12.6. The van der Waals surface area contributed by atoms with Crippen LogP contribution >= 0.6 is 12.2 Å². The average Bonchev–Trinajstić information content (AvgIpc) is 3.21. The highest BCUT2D eigenvalue weighted by molar-refractivity contribution is 7.80. The van der Waals surface area contributed by atoms with Gasteiger partial charge in [-0.1, -0.05) is 38.2 Å². The fourth-order valence-electron chi connectivity index (χ4n) is 2.39. The lowest BCUT2D eigenvalue weighted by molar-refractivity contribution is -0.117. The van der Waals surface area contributed by atoms with E-state index in [1.54, 1.807) is 0 Å². The number of carbonyl (C=O) groups excluding carboxylic acids is 1. The number of anilines is 1. The summed E-state index contributed by atoms with van der Waals surface area (Å²) in [6.45, 7) is 5.77. The van der Waals surface area contributed by atoms with Crippen LogP contribution in [0, 0.1) is 5.92 Å². The van der Waals surface area contributed by atoms with Crippen LogP contribution in [-0.4, -0.2) is 34.9 Å². The Hall–Kier alpha value is -1.46. The summed E-state index contributed by atoms with van der Waals surface area (Å²) in [5.74, 6) is 0.582. The van der Waals surface area contributed by atoms with E-state index >= 15 is 0 Å². The summed E-state index contributed by atoms with van der Waals surface area (Å²) in [6.07, 6.45) is 2.41. The van der Waals surface area contributed by atoms with Crippen molar-refractivity contribution in [3.05, 3.63) is 29.8 Å².